The van der Waals surface area contributed by atoms with Gasteiger partial charge < -0.3 is 10.5 Å². The second kappa shape index (κ2) is 7.58. The van der Waals surface area contributed by atoms with Gasteiger partial charge in [-0.25, -0.2) is 4.98 Å². The zero-order valence-electron chi connectivity index (χ0n) is 13.8. The van der Waals surface area contributed by atoms with Gasteiger partial charge >= 0.3 is 6.18 Å². The molecule has 2 N–H and O–H groups in total. The minimum Gasteiger partial charge on any atom is -0.473 e. The van der Waals surface area contributed by atoms with Crippen molar-refractivity contribution in [3.8, 4) is 17.0 Å². The molecule has 3 rings (SSSR count). The summed E-state index contributed by atoms with van der Waals surface area (Å²) in [4.78, 5) is 4.18. The van der Waals surface area contributed by atoms with E-state index in [1.807, 2.05) is 30.3 Å². The average molecular weight is 358 g/mol. The fourth-order valence-corrected chi connectivity index (χ4v) is 2.51. The SMILES string of the molecule is NCc1cc(-c2ccc(OCc3ccccc3)nc2)cc(C(F)(F)F)c1. The van der Waals surface area contributed by atoms with Crippen LogP contribution in [0.1, 0.15) is 16.7 Å². The molecule has 0 aliphatic rings. The number of halogens is 3. The molecular weight excluding hydrogens is 341 g/mol. The second-order valence-corrected chi connectivity index (χ2v) is 5.78. The number of rotatable bonds is 5. The summed E-state index contributed by atoms with van der Waals surface area (Å²) >= 11 is 0. The van der Waals surface area contributed by atoms with E-state index in [0.717, 1.165) is 17.7 Å². The first-order valence-corrected chi connectivity index (χ1v) is 8.00. The molecule has 0 saturated carbocycles. The Labute approximate surface area is 149 Å². The Morgan fingerprint density at radius 3 is 2.27 bits per heavy atom. The molecule has 3 nitrogen and oxygen atoms in total. The fraction of sp³-hybridized carbons (Fsp3) is 0.150. The van der Waals surface area contributed by atoms with E-state index in [4.69, 9.17) is 10.5 Å². The monoisotopic (exact) mass is 358 g/mol. The lowest BCUT2D eigenvalue weighted by Crippen LogP contribution is -2.07. The van der Waals surface area contributed by atoms with Crippen molar-refractivity contribution in [2.45, 2.75) is 19.3 Å². The second-order valence-electron chi connectivity index (χ2n) is 5.78. The van der Waals surface area contributed by atoms with Gasteiger partial charge in [0.25, 0.3) is 0 Å². The van der Waals surface area contributed by atoms with Crippen LogP contribution in [0.2, 0.25) is 0 Å². The summed E-state index contributed by atoms with van der Waals surface area (Å²) in [6, 6.07) is 16.7. The molecule has 0 aliphatic carbocycles. The van der Waals surface area contributed by atoms with Gasteiger partial charge in [-0.2, -0.15) is 13.2 Å². The normalized spacial score (nSPS) is 11.4. The van der Waals surface area contributed by atoms with Gasteiger partial charge in [0, 0.05) is 24.4 Å². The summed E-state index contributed by atoms with van der Waals surface area (Å²) in [5.41, 5.74) is 7.21. The highest BCUT2D eigenvalue weighted by Crippen LogP contribution is 2.33. The number of benzene rings is 2. The van der Waals surface area contributed by atoms with Gasteiger partial charge in [0.15, 0.2) is 0 Å². The summed E-state index contributed by atoms with van der Waals surface area (Å²) in [5, 5.41) is 0. The Morgan fingerprint density at radius 2 is 1.65 bits per heavy atom. The van der Waals surface area contributed by atoms with E-state index in [-0.39, 0.29) is 6.54 Å². The maximum Gasteiger partial charge on any atom is 0.416 e. The third-order valence-electron chi connectivity index (χ3n) is 3.86. The Balaban J connectivity index is 1.80. The number of nitrogens with two attached hydrogens (primary N) is 1. The van der Waals surface area contributed by atoms with Gasteiger partial charge in [-0.1, -0.05) is 30.3 Å². The fourth-order valence-electron chi connectivity index (χ4n) is 2.51. The van der Waals surface area contributed by atoms with Crippen molar-refractivity contribution in [1.82, 2.24) is 4.98 Å². The van der Waals surface area contributed by atoms with E-state index in [0.29, 0.717) is 29.2 Å². The molecule has 6 heteroatoms. The van der Waals surface area contributed by atoms with Crippen LogP contribution in [-0.4, -0.2) is 4.98 Å². The molecule has 0 spiro atoms. The van der Waals surface area contributed by atoms with E-state index in [1.54, 1.807) is 18.2 Å². The van der Waals surface area contributed by atoms with E-state index in [2.05, 4.69) is 4.98 Å². The molecule has 0 radical (unpaired) electrons. The lowest BCUT2D eigenvalue weighted by Gasteiger charge is -2.12. The van der Waals surface area contributed by atoms with Crippen molar-refractivity contribution in [3.63, 3.8) is 0 Å². The Kier molecular flexibility index (Phi) is 5.23. The largest absolute Gasteiger partial charge is 0.473 e. The smallest absolute Gasteiger partial charge is 0.416 e. The highest BCUT2D eigenvalue weighted by Gasteiger charge is 2.31. The van der Waals surface area contributed by atoms with E-state index >= 15 is 0 Å². The van der Waals surface area contributed by atoms with Crippen molar-refractivity contribution in [2.75, 3.05) is 0 Å². The van der Waals surface area contributed by atoms with Crippen LogP contribution in [-0.2, 0) is 19.3 Å². The van der Waals surface area contributed by atoms with Crippen molar-refractivity contribution in [1.29, 1.82) is 0 Å². The summed E-state index contributed by atoms with van der Waals surface area (Å²) < 4.78 is 44.7. The average Bonchev–Trinajstić information content (AvgIpc) is 2.66. The number of hydrogen-bond donors (Lipinski definition) is 1. The van der Waals surface area contributed by atoms with Crippen molar-refractivity contribution in [3.05, 3.63) is 83.6 Å². The topological polar surface area (TPSA) is 48.1 Å². The van der Waals surface area contributed by atoms with Crippen LogP contribution in [0.3, 0.4) is 0 Å². The molecule has 0 aliphatic heterocycles. The number of nitrogens with zero attached hydrogens (tertiary/aromatic N) is 1. The predicted molar refractivity (Wildman–Crippen MR) is 93.3 cm³/mol. The highest BCUT2D eigenvalue weighted by atomic mass is 19.4. The van der Waals surface area contributed by atoms with E-state index < -0.39 is 11.7 Å². The summed E-state index contributed by atoms with van der Waals surface area (Å²) in [7, 11) is 0. The Hall–Kier alpha value is -2.86. The highest BCUT2D eigenvalue weighted by molar-refractivity contribution is 5.65. The zero-order valence-corrected chi connectivity index (χ0v) is 13.8. The third-order valence-corrected chi connectivity index (χ3v) is 3.86. The number of ether oxygens (including phenoxy) is 1. The van der Waals surface area contributed by atoms with Gasteiger partial charge in [0.2, 0.25) is 5.88 Å². The molecule has 0 fully saturated rings. The first-order chi connectivity index (χ1) is 12.5. The molecule has 1 aromatic heterocycles. The standard InChI is InChI=1S/C20H17F3N2O/c21-20(22,23)18-9-15(11-24)8-17(10-18)16-6-7-19(25-12-16)26-13-14-4-2-1-3-5-14/h1-10,12H,11,13,24H2. The van der Waals surface area contributed by atoms with Crippen molar-refractivity contribution >= 4 is 0 Å². The first kappa shape index (κ1) is 17.9. The molecule has 0 unspecified atom stereocenters. The van der Waals surface area contributed by atoms with Gasteiger partial charge in [-0.3, -0.25) is 0 Å². The maximum atomic E-state index is 13.0. The van der Waals surface area contributed by atoms with Crippen molar-refractivity contribution in [2.24, 2.45) is 5.73 Å². The minimum atomic E-state index is -4.42. The molecule has 3 aromatic rings. The third kappa shape index (κ3) is 4.40. The van der Waals surface area contributed by atoms with Crippen LogP contribution in [0.15, 0.2) is 66.9 Å². The molecule has 1 heterocycles. The van der Waals surface area contributed by atoms with Gasteiger partial charge in [-0.05, 0) is 41.0 Å². The van der Waals surface area contributed by atoms with Crippen LogP contribution < -0.4 is 10.5 Å². The predicted octanol–water partition coefficient (Wildman–Crippen LogP) is 4.81. The number of pyridine rings is 1. The van der Waals surface area contributed by atoms with Crippen molar-refractivity contribution < 1.29 is 17.9 Å². The lowest BCUT2D eigenvalue weighted by molar-refractivity contribution is -0.137. The van der Waals surface area contributed by atoms with Gasteiger partial charge in [0.1, 0.15) is 6.61 Å². The number of alkyl halides is 3. The van der Waals surface area contributed by atoms with Crippen LogP contribution in [0.25, 0.3) is 11.1 Å². The Bertz CT molecular complexity index is 862. The summed E-state index contributed by atoms with van der Waals surface area (Å²) in [6.07, 6.45) is -2.93. The van der Waals surface area contributed by atoms with Crippen LogP contribution >= 0.6 is 0 Å². The number of aromatic nitrogens is 1. The molecule has 0 atom stereocenters. The lowest BCUT2D eigenvalue weighted by atomic mass is 10.0. The Morgan fingerprint density at radius 1 is 0.885 bits per heavy atom. The molecule has 26 heavy (non-hydrogen) atoms. The van der Waals surface area contributed by atoms with Crippen LogP contribution in [0, 0.1) is 0 Å². The van der Waals surface area contributed by atoms with E-state index in [9.17, 15) is 13.2 Å². The molecule has 0 amide bonds. The molecular formula is C20H17F3N2O. The molecule has 2 aromatic carbocycles. The molecule has 0 bridgehead atoms. The zero-order chi connectivity index (χ0) is 18.6. The van der Waals surface area contributed by atoms with Gasteiger partial charge in [-0.15, -0.1) is 0 Å². The van der Waals surface area contributed by atoms with Crippen LogP contribution in [0.4, 0.5) is 13.2 Å². The van der Waals surface area contributed by atoms with E-state index in [1.165, 1.54) is 6.20 Å². The molecule has 134 valence electrons. The number of hydrogen-bond acceptors (Lipinski definition) is 3. The maximum absolute atomic E-state index is 13.0. The van der Waals surface area contributed by atoms with Gasteiger partial charge in [0.05, 0.1) is 5.56 Å². The van der Waals surface area contributed by atoms with Crippen LogP contribution in [0.5, 0.6) is 5.88 Å². The minimum absolute atomic E-state index is 0.0304. The molecule has 0 saturated heterocycles. The first-order valence-electron chi connectivity index (χ1n) is 8.00. The quantitative estimate of drug-likeness (QED) is 0.712. The summed E-state index contributed by atoms with van der Waals surface area (Å²) in [6.45, 7) is 0.399. The summed E-state index contributed by atoms with van der Waals surface area (Å²) in [5.74, 6) is 0.406.